The molecule has 0 aliphatic heterocycles. The van der Waals surface area contributed by atoms with Crippen LogP contribution in [0.4, 0.5) is 0 Å². The Morgan fingerprint density at radius 1 is 1.45 bits per heavy atom. The van der Waals surface area contributed by atoms with Crippen LogP contribution < -0.4 is 5.32 Å². The summed E-state index contributed by atoms with van der Waals surface area (Å²) in [6, 6.07) is 0.567. The third kappa shape index (κ3) is 7.82. The molecule has 0 saturated carbocycles. The van der Waals surface area contributed by atoms with Gasteiger partial charge in [0.15, 0.2) is 0 Å². The third-order valence-electron chi connectivity index (χ3n) is 1.92. The first-order valence-electron chi connectivity index (χ1n) is 4.35. The summed E-state index contributed by atoms with van der Waals surface area (Å²) in [4.78, 5) is 0. The van der Waals surface area contributed by atoms with Gasteiger partial charge in [-0.3, -0.25) is 0 Å². The minimum atomic E-state index is -0.493. The zero-order chi connectivity index (χ0) is 8.91. The molecule has 0 unspecified atom stereocenters. The van der Waals surface area contributed by atoms with E-state index in [1.54, 1.807) is 0 Å². The molecular formula is C9H21NO. The van der Waals surface area contributed by atoms with Gasteiger partial charge in [0.2, 0.25) is 0 Å². The highest BCUT2D eigenvalue weighted by Gasteiger charge is 2.11. The Bertz CT molecular complexity index is 96.2. The molecule has 2 nitrogen and oxygen atoms in total. The molecule has 11 heavy (non-hydrogen) atoms. The van der Waals surface area contributed by atoms with Crippen LogP contribution in [0.5, 0.6) is 0 Å². The summed E-state index contributed by atoms with van der Waals surface area (Å²) in [7, 11) is 1.97. The first-order valence-corrected chi connectivity index (χ1v) is 4.35. The summed E-state index contributed by atoms with van der Waals surface area (Å²) in [5.74, 6) is 0. The van der Waals surface area contributed by atoms with Crippen LogP contribution in [0.1, 0.15) is 40.0 Å². The van der Waals surface area contributed by atoms with Crippen LogP contribution in [0, 0.1) is 0 Å². The lowest BCUT2D eigenvalue weighted by Crippen LogP contribution is -2.23. The van der Waals surface area contributed by atoms with Gasteiger partial charge < -0.3 is 10.4 Å². The summed E-state index contributed by atoms with van der Waals surface area (Å²) in [5, 5.41) is 12.6. The molecule has 1 atom stereocenters. The lowest BCUT2D eigenvalue weighted by Gasteiger charge is -2.18. The van der Waals surface area contributed by atoms with E-state index >= 15 is 0 Å². The highest BCUT2D eigenvalue weighted by Crippen LogP contribution is 2.12. The van der Waals surface area contributed by atoms with Crippen LogP contribution in [0.3, 0.4) is 0 Å². The fraction of sp³-hybridized carbons (Fsp3) is 1.00. The average molecular weight is 159 g/mol. The lowest BCUT2D eigenvalue weighted by molar-refractivity contribution is 0.0676. The second-order valence-corrected chi connectivity index (χ2v) is 3.89. The average Bonchev–Trinajstić information content (AvgIpc) is 1.85. The molecule has 0 radical (unpaired) electrons. The van der Waals surface area contributed by atoms with E-state index in [9.17, 15) is 5.11 Å². The van der Waals surface area contributed by atoms with E-state index in [4.69, 9.17) is 0 Å². The number of hydrogen-bond donors (Lipinski definition) is 2. The largest absolute Gasteiger partial charge is 0.390 e. The van der Waals surface area contributed by atoms with Crippen molar-refractivity contribution in [3.8, 4) is 0 Å². The zero-order valence-corrected chi connectivity index (χ0v) is 8.15. The Balaban J connectivity index is 3.28. The van der Waals surface area contributed by atoms with Gasteiger partial charge in [-0.1, -0.05) is 0 Å². The summed E-state index contributed by atoms with van der Waals surface area (Å²) in [5.41, 5.74) is -0.493. The molecule has 2 N–H and O–H groups in total. The zero-order valence-electron chi connectivity index (χ0n) is 8.15. The summed E-state index contributed by atoms with van der Waals surface area (Å²) in [6.45, 7) is 5.87. The maximum atomic E-state index is 9.38. The number of rotatable bonds is 5. The smallest absolute Gasteiger partial charge is 0.0591 e. The van der Waals surface area contributed by atoms with Crippen molar-refractivity contribution in [3.05, 3.63) is 0 Å². The summed E-state index contributed by atoms with van der Waals surface area (Å²) in [6.07, 6.45) is 3.12. The van der Waals surface area contributed by atoms with Crippen molar-refractivity contribution in [1.82, 2.24) is 5.32 Å². The van der Waals surface area contributed by atoms with Crippen LogP contribution in [0.15, 0.2) is 0 Å². The fourth-order valence-corrected chi connectivity index (χ4v) is 0.985. The molecule has 0 saturated heterocycles. The summed E-state index contributed by atoms with van der Waals surface area (Å²) < 4.78 is 0. The predicted molar refractivity (Wildman–Crippen MR) is 48.7 cm³/mol. The van der Waals surface area contributed by atoms with Gasteiger partial charge in [-0.25, -0.2) is 0 Å². The Morgan fingerprint density at radius 2 is 2.00 bits per heavy atom. The molecule has 68 valence electrons. The second kappa shape index (κ2) is 4.73. The highest BCUT2D eigenvalue weighted by molar-refractivity contribution is 4.66. The molecule has 0 aromatic carbocycles. The van der Waals surface area contributed by atoms with Crippen molar-refractivity contribution in [2.45, 2.75) is 51.7 Å². The highest BCUT2D eigenvalue weighted by atomic mass is 16.3. The third-order valence-corrected chi connectivity index (χ3v) is 1.92. The Kier molecular flexibility index (Phi) is 4.69. The first kappa shape index (κ1) is 10.9. The Labute approximate surface area is 70.0 Å². The van der Waals surface area contributed by atoms with Gasteiger partial charge in [0, 0.05) is 6.04 Å². The molecule has 0 amide bonds. The van der Waals surface area contributed by atoms with Gasteiger partial charge in [0.05, 0.1) is 5.60 Å². The minimum Gasteiger partial charge on any atom is -0.390 e. The standard InChI is InChI=1S/C9H21NO/c1-8(10-4)6-5-7-9(2,3)11/h8,10-11H,5-7H2,1-4H3/t8-/m1/s1. The van der Waals surface area contributed by atoms with Crippen molar-refractivity contribution in [2.75, 3.05) is 7.05 Å². The first-order chi connectivity index (χ1) is 4.95. The van der Waals surface area contributed by atoms with E-state index < -0.39 is 5.60 Å². The van der Waals surface area contributed by atoms with Crippen molar-refractivity contribution >= 4 is 0 Å². The predicted octanol–water partition coefficient (Wildman–Crippen LogP) is 1.54. The molecule has 0 aliphatic carbocycles. The molecule has 0 fully saturated rings. The molecule has 0 heterocycles. The van der Waals surface area contributed by atoms with Crippen LogP contribution in [0.2, 0.25) is 0 Å². The second-order valence-electron chi connectivity index (χ2n) is 3.89. The van der Waals surface area contributed by atoms with Gasteiger partial charge in [0.1, 0.15) is 0 Å². The van der Waals surface area contributed by atoms with Crippen molar-refractivity contribution in [2.24, 2.45) is 0 Å². The van der Waals surface area contributed by atoms with Crippen molar-refractivity contribution < 1.29 is 5.11 Å². The number of hydrogen-bond acceptors (Lipinski definition) is 2. The van der Waals surface area contributed by atoms with Crippen LogP contribution >= 0.6 is 0 Å². The molecule has 0 aromatic rings. The van der Waals surface area contributed by atoms with E-state index in [0.29, 0.717) is 6.04 Å². The lowest BCUT2D eigenvalue weighted by atomic mass is 10.00. The Hall–Kier alpha value is -0.0800. The van der Waals surface area contributed by atoms with Gasteiger partial charge in [-0.2, -0.15) is 0 Å². The molecule has 2 heteroatoms. The maximum absolute atomic E-state index is 9.38. The van der Waals surface area contributed by atoms with Gasteiger partial charge in [-0.15, -0.1) is 0 Å². The van der Waals surface area contributed by atoms with Crippen molar-refractivity contribution in [1.29, 1.82) is 0 Å². The molecule has 0 aromatic heterocycles. The molecule has 0 spiro atoms. The topological polar surface area (TPSA) is 32.3 Å². The van der Waals surface area contributed by atoms with Gasteiger partial charge in [-0.05, 0) is 47.1 Å². The molecule has 0 rings (SSSR count). The molecule has 0 bridgehead atoms. The Morgan fingerprint density at radius 3 is 2.36 bits per heavy atom. The SMILES string of the molecule is CN[C@H](C)CCCC(C)(C)O. The van der Waals surface area contributed by atoms with E-state index in [1.165, 1.54) is 0 Å². The molecular weight excluding hydrogens is 138 g/mol. The normalized spacial score (nSPS) is 15.0. The fourth-order valence-electron chi connectivity index (χ4n) is 0.985. The number of nitrogens with one attached hydrogen (secondary N) is 1. The quantitative estimate of drug-likeness (QED) is 0.637. The van der Waals surface area contributed by atoms with E-state index in [-0.39, 0.29) is 0 Å². The van der Waals surface area contributed by atoms with Gasteiger partial charge >= 0.3 is 0 Å². The molecule has 0 aliphatic rings. The van der Waals surface area contributed by atoms with E-state index in [1.807, 2.05) is 20.9 Å². The monoisotopic (exact) mass is 159 g/mol. The van der Waals surface area contributed by atoms with E-state index in [2.05, 4.69) is 12.2 Å². The van der Waals surface area contributed by atoms with Gasteiger partial charge in [0.25, 0.3) is 0 Å². The van der Waals surface area contributed by atoms with Crippen molar-refractivity contribution in [3.63, 3.8) is 0 Å². The minimum absolute atomic E-state index is 0.493. The summed E-state index contributed by atoms with van der Waals surface area (Å²) >= 11 is 0. The van der Waals surface area contributed by atoms with E-state index in [0.717, 1.165) is 19.3 Å². The van der Waals surface area contributed by atoms with Crippen LogP contribution in [-0.4, -0.2) is 23.8 Å². The number of aliphatic hydroxyl groups is 1. The van der Waals surface area contributed by atoms with Crippen LogP contribution in [0.25, 0.3) is 0 Å². The van der Waals surface area contributed by atoms with Crippen LogP contribution in [-0.2, 0) is 0 Å². The maximum Gasteiger partial charge on any atom is 0.0591 e.